The minimum absolute atomic E-state index is 0.0692. The molecule has 0 saturated carbocycles. The number of nitrogens with one attached hydrogen (secondary N) is 1. The molecule has 0 bridgehead atoms. The molecular formula is C12H18N4. The van der Waals surface area contributed by atoms with Crippen LogP contribution in [0.1, 0.15) is 32.3 Å². The maximum atomic E-state index is 7.32. The van der Waals surface area contributed by atoms with Crippen molar-refractivity contribution in [1.29, 1.82) is 5.41 Å². The third-order valence-corrected chi connectivity index (χ3v) is 3.24. The van der Waals surface area contributed by atoms with Gasteiger partial charge in [0.1, 0.15) is 11.7 Å². The highest BCUT2D eigenvalue weighted by Gasteiger charge is 2.32. The summed E-state index contributed by atoms with van der Waals surface area (Å²) in [6.07, 6.45) is 4.08. The van der Waals surface area contributed by atoms with Crippen LogP contribution in [0.5, 0.6) is 0 Å². The average molecular weight is 218 g/mol. The molecule has 0 radical (unpaired) electrons. The van der Waals surface area contributed by atoms with Crippen molar-refractivity contribution in [2.24, 2.45) is 5.73 Å². The van der Waals surface area contributed by atoms with Gasteiger partial charge in [-0.1, -0.05) is 0 Å². The van der Waals surface area contributed by atoms with Gasteiger partial charge >= 0.3 is 0 Å². The van der Waals surface area contributed by atoms with Crippen LogP contribution >= 0.6 is 0 Å². The SMILES string of the molecule is CC1(C)CCCN1c1ccc(C(=N)N)cn1. The molecule has 0 spiro atoms. The van der Waals surface area contributed by atoms with Crippen LogP contribution in [0.15, 0.2) is 18.3 Å². The summed E-state index contributed by atoms with van der Waals surface area (Å²) in [5.74, 6) is 1.05. The standard InChI is InChI=1S/C12H18N4/c1-12(2)6-3-7-16(12)10-5-4-9(8-15-10)11(13)14/h4-5,8H,3,6-7H2,1-2H3,(H3,13,14). The quantitative estimate of drug-likeness (QED) is 0.587. The molecule has 16 heavy (non-hydrogen) atoms. The zero-order chi connectivity index (χ0) is 11.8. The van der Waals surface area contributed by atoms with Crippen molar-refractivity contribution < 1.29 is 0 Å². The zero-order valence-electron chi connectivity index (χ0n) is 9.83. The third-order valence-electron chi connectivity index (χ3n) is 3.24. The van der Waals surface area contributed by atoms with Crippen LogP contribution in [0.2, 0.25) is 0 Å². The topological polar surface area (TPSA) is 66.0 Å². The van der Waals surface area contributed by atoms with Crippen LogP contribution in [0.25, 0.3) is 0 Å². The van der Waals surface area contributed by atoms with E-state index in [2.05, 4.69) is 23.7 Å². The summed E-state index contributed by atoms with van der Waals surface area (Å²) in [7, 11) is 0. The molecule has 0 aliphatic carbocycles. The van der Waals surface area contributed by atoms with Gasteiger partial charge in [-0.25, -0.2) is 4.98 Å². The first-order valence-corrected chi connectivity index (χ1v) is 5.59. The molecule has 4 heteroatoms. The summed E-state index contributed by atoms with van der Waals surface area (Å²) < 4.78 is 0. The van der Waals surface area contributed by atoms with Crippen molar-refractivity contribution in [3.63, 3.8) is 0 Å². The number of nitrogens with two attached hydrogens (primary N) is 1. The zero-order valence-corrected chi connectivity index (χ0v) is 9.83. The number of hydrogen-bond donors (Lipinski definition) is 2. The summed E-state index contributed by atoms with van der Waals surface area (Å²) in [6, 6.07) is 3.81. The van der Waals surface area contributed by atoms with E-state index in [0.717, 1.165) is 12.4 Å². The van der Waals surface area contributed by atoms with Crippen LogP contribution in [0, 0.1) is 5.41 Å². The van der Waals surface area contributed by atoms with E-state index in [-0.39, 0.29) is 11.4 Å². The lowest BCUT2D eigenvalue weighted by molar-refractivity contribution is 0.514. The van der Waals surface area contributed by atoms with Gasteiger partial charge in [-0.2, -0.15) is 0 Å². The number of nitrogens with zero attached hydrogens (tertiary/aromatic N) is 2. The lowest BCUT2D eigenvalue weighted by atomic mass is 10.0. The summed E-state index contributed by atoms with van der Waals surface area (Å²) in [6.45, 7) is 5.53. The fourth-order valence-electron chi connectivity index (χ4n) is 2.24. The van der Waals surface area contributed by atoms with E-state index >= 15 is 0 Å². The van der Waals surface area contributed by atoms with E-state index in [1.54, 1.807) is 6.20 Å². The number of rotatable bonds is 2. The fourth-order valence-corrected chi connectivity index (χ4v) is 2.24. The molecular weight excluding hydrogens is 200 g/mol. The normalized spacial score (nSPS) is 18.8. The maximum absolute atomic E-state index is 7.32. The van der Waals surface area contributed by atoms with Gasteiger partial charge in [-0.15, -0.1) is 0 Å². The summed E-state index contributed by atoms with van der Waals surface area (Å²) in [5.41, 5.74) is 6.27. The number of nitrogen functional groups attached to an aromatic ring is 1. The Labute approximate surface area is 96.0 Å². The molecule has 86 valence electrons. The van der Waals surface area contributed by atoms with Crippen molar-refractivity contribution >= 4 is 11.7 Å². The Kier molecular flexibility index (Phi) is 2.58. The highest BCUT2D eigenvalue weighted by Crippen LogP contribution is 2.32. The molecule has 1 aromatic rings. The highest BCUT2D eigenvalue weighted by atomic mass is 15.3. The van der Waals surface area contributed by atoms with Gasteiger partial charge in [0, 0.05) is 23.8 Å². The van der Waals surface area contributed by atoms with E-state index in [0.29, 0.717) is 5.56 Å². The van der Waals surface area contributed by atoms with Crippen molar-refractivity contribution in [3.05, 3.63) is 23.9 Å². The first kappa shape index (κ1) is 10.9. The van der Waals surface area contributed by atoms with E-state index in [1.165, 1.54) is 12.8 Å². The lowest BCUT2D eigenvalue weighted by Crippen LogP contribution is -2.38. The second-order valence-electron chi connectivity index (χ2n) is 4.89. The predicted octanol–water partition coefficient (Wildman–Crippen LogP) is 1.74. The minimum Gasteiger partial charge on any atom is -0.384 e. The fraction of sp³-hybridized carbons (Fsp3) is 0.500. The second-order valence-corrected chi connectivity index (χ2v) is 4.89. The minimum atomic E-state index is 0.0692. The first-order valence-electron chi connectivity index (χ1n) is 5.59. The molecule has 1 aliphatic heterocycles. The molecule has 3 N–H and O–H groups in total. The van der Waals surface area contributed by atoms with E-state index < -0.39 is 0 Å². The predicted molar refractivity (Wildman–Crippen MR) is 65.9 cm³/mol. The Balaban J connectivity index is 2.25. The highest BCUT2D eigenvalue weighted by molar-refractivity contribution is 5.94. The summed E-state index contributed by atoms with van der Waals surface area (Å²) in [4.78, 5) is 6.70. The van der Waals surface area contributed by atoms with E-state index in [4.69, 9.17) is 11.1 Å². The average Bonchev–Trinajstić information content (AvgIpc) is 2.58. The smallest absolute Gasteiger partial charge is 0.128 e. The van der Waals surface area contributed by atoms with Crippen LogP contribution in [0.4, 0.5) is 5.82 Å². The number of amidine groups is 1. The summed E-state index contributed by atoms with van der Waals surface area (Å²) >= 11 is 0. The van der Waals surface area contributed by atoms with Gasteiger partial charge in [-0.3, -0.25) is 5.41 Å². The second kappa shape index (κ2) is 3.77. The molecule has 0 unspecified atom stereocenters. The summed E-state index contributed by atoms with van der Waals surface area (Å²) in [5, 5.41) is 7.32. The molecule has 1 aromatic heterocycles. The van der Waals surface area contributed by atoms with Gasteiger partial charge in [0.25, 0.3) is 0 Å². The molecule has 0 amide bonds. The maximum Gasteiger partial charge on any atom is 0.128 e. The van der Waals surface area contributed by atoms with Crippen molar-refractivity contribution in [2.75, 3.05) is 11.4 Å². The number of hydrogen-bond acceptors (Lipinski definition) is 3. The Morgan fingerprint density at radius 1 is 1.50 bits per heavy atom. The van der Waals surface area contributed by atoms with Crippen LogP contribution < -0.4 is 10.6 Å². The van der Waals surface area contributed by atoms with Gasteiger partial charge < -0.3 is 10.6 Å². The van der Waals surface area contributed by atoms with Crippen LogP contribution in [0.3, 0.4) is 0 Å². The molecule has 2 rings (SSSR count). The van der Waals surface area contributed by atoms with E-state index in [9.17, 15) is 0 Å². The van der Waals surface area contributed by atoms with Gasteiger partial charge in [0.05, 0.1) is 0 Å². The largest absolute Gasteiger partial charge is 0.384 e. The first-order chi connectivity index (χ1) is 7.50. The monoisotopic (exact) mass is 218 g/mol. The molecule has 0 aromatic carbocycles. The Morgan fingerprint density at radius 3 is 2.69 bits per heavy atom. The van der Waals surface area contributed by atoms with Crippen molar-refractivity contribution in [1.82, 2.24) is 4.98 Å². The van der Waals surface area contributed by atoms with Crippen LogP contribution in [-0.2, 0) is 0 Å². The Bertz CT molecular complexity index is 394. The number of anilines is 1. The molecule has 0 atom stereocenters. The Morgan fingerprint density at radius 2 is 2.25 bits per heavy atom. The van der Waals surface area contributed by atoms with Gasteiger partial charge in [-0.05, 0) is 38.8 Å². The molecule has 4 nitrogen and oxygen atoms in total. The Hall–Kier alpha value is -1.58. The lowest BCUT2D eigenvalue weighted by Gasteiger charge is -2.32. The number of pyridine rings is 1. The van der Waals surface area contributed by atoms with Crippen molar-refractivity contribution in [3.8, 4) is 0 Å². The van der Waals surface area contributed by atoms with Gasteiger partial charge in [0.15, 0.2) is 0 Å². The third kappa shape index (κ3) is 1.87. The number of aromatic nitrogens is 1. The van der Waals surface area contributed by atoms with Crippen molar-refractivity contribution in [2.45, 2.75) is 32.2 Å². The van der Waals surface area contributed by atoms with Crippen LogP contribution in [-0.4, -0.2) is 22.9 Å². The molecule has 1 aliphatic rings. The van der Waals surface area contributed by atoms with E-state index in [1.807, 2.05) is 12.1 Å². The molecule has 2 heterocycles. The van der Waals surface area contributed by atoms with Gasteiger partial charge in [0.2, 0.25) is 0 Å². The molecule has 1 fully saturated rings. The molecule has 1 saturated heterocycles.